The molecule has 3 aromatic heterocycles. The molecular formula is C28H23N7O2. The highest BCUT2D eigenvalue weighted by atomic mass is 16.5. The van der Waals surface area contributed by atoms with Gasteiger partial charge >= 0.3 is 0 Å². The number of nitrogens with two attached hydrogens (primary N) is 1. The Morgan fingerprint density at radius 3 is 2.57 bits per heavy atom. The summed E-state index contributed by atoms with van der Waals surface area (Å²) < 4.78 is 6.67. The number of nitrogen functional groups attached to an aromatic ring is 1. The van der Waals surface area contributed by atoms with Crippen molar-refractivity contribution in [3.8, 4) is 5.75 Å². The molecule has 182 valence electrons. The van der Waals surface area contributed by atoms with Gasteiger partial charge in [0.15, 0.2) is 5.65 Å². The molecule has 0 radical (unpaired) electrons. The van der Waals surface area contributed by atoms with Gasteiger partial charge in [-0.3, -0.25) is 4.79 Å². The Bertz CT molecular complexity index is 1800. The van der Waals surface area contributed by atoms with Crippen LogP contribution < -0.4 is 15.8 Å². The summed E-state index contributed by atoms with van der Waals surface area (Å²) in [5.41, 5.74) is 11.7. The Labute approximate surface area is 211 Å². The molecule has 9 heteroatoms. The van der Waals surface area contributed by atoms with Gasteiger partial charge in [-0.25, -0.2) is 9.97 Å². The topological polar surface area (TPSA) is 123 Å². The average Bonchev–Trinajstić information content (AvgIpc) is 3.47. The van der Waals surface area contributed by atoms with E-state index >= 15 is 0 Å². The lowest BCUT2D eigenvalue weighted by molar-refractivity contribution is 0.0953. The first kappa shape index (κ1) is 22.3. The molecule has 0 aliphatic heterocycles. The van der Waals surface area contributed by atoms with E-state index in [1.54, 1.807) is 13.3 Å². The molecule has 0 saturated heterocycles. The van der Waals surface area contributed by atoms with Gasteiger partial charge in [-0.1, -0.05) is 42.5 Å². The van der Waals surface area contributed by atoms with Gasteiger partial charge in [-0.2, -0.15) is 9.78 Å². The van der Waals surface area contributed by atoms with Crippen LogP contribution >= 0.6 is 0 Å². The van der Waals surface area contributed by atoms with Gasteiger partial charge in [0, 0.05) is 29.2 Å². The molecular weight excluding hydrogens is 466 g/mol. The molecule has 0 fully saturated rings. The van der Waals surface area contributed by atoms with Crippen LogP contribution in [0.1, 0.15) is 21.5 Å². The first-order valence-electron chi connectivity index (χ1n) is 11.7. The maximum absolute atomic E-state index is 13.4. The number of carbonyl (C=O) groups is 1. The molecule has 1 amide bonds. The van der Waals surface area contributed by atoms with Crippen LogP contribution in [0, 0.1) is 0 Å². The number of benzene rings is 3. The highest BCUT2D eigenvalue weighted by molar-refractivity contribution is 6.11. The summed E-state index contributed by atoms with van der Waals surface area (Å²) in [4.78, 5) is 26.1. The van der Waals surface area contributed by atoms with Gasteiger partial charge in [0.1, 0.15) is 22.6 Å². The van der Waals surface area contributed by atoms with Crippen LogP contribution in [0.3, 0.4) is 0 Å². The minimum Gasteiger partial charge on any atom is -0.497 e. The Kier molecular flexibility index (Phi) is 5.49. The van der Waals surface area contributed by atoms with Gasteiger partial charge in [-0.15, -0.1) is 0 Å². The molecule has 0 aliphatic rings. The highest BCUT2D eigenvalue weighted by Crippen LogP contribution is 2.28. The van der Waals surface area contributed by atoms with Gasteiger partial charge < -0.3 is 20.8 Å². The SMILES string of the molecule is COc1ccc(CNC(=O)c2c(N)n(/N=C/c3c[nH]c4ccccc34)c3nc4ccccc4nc23)cc1. The van der Waals surface area contributed by atoms with E-state index in [1.807, 2.05) is 79.0 Å². The van der Waals surface area contributed by atoms with E-state index < -0.39 is 0 Å². The van der Waals surface area contributed by atoms with Crippen molar-refractivity contribution in [3.05, 3.63) is 95.7 Å². The van der Waals surface area contributed by atoms with E-state index in [4.69, 9.17) is 20.4 Å². The number of aromatic amines is 1. The van der Waals surface area contributed by atoms with E-state index in [0.29, 0.717) is 28.7 Å². The number of anilines is 1. The van der Waals surface area contributed by atoms with Crippen LogP contribution in [0.4, 0.5) is 5.82 Å². The minimum absolute atomic E-state index is 0.161. The van der Waals surface area contributed by atoms with E-state index in [0.717, 1.165) is 27.8 Å². The third-order valence-corrected chi connectivity index (χ3v) is 6.25. The zero-order chi connectivity index (χ0) is 25.4. The molecule has 0 spiro atoms. The quantitative estimate of drug-likeness (QED) is 0.298. The number of carbonyl (C=O) groups excluding carboxylic acids is 1. The van der Waals surface area contributed by atoms with Crippen LogP contribution in [0.15, 0.2) is 84.1 Å². The maximum atomic E-state index is 13.4. The van der Waals surface area contributed by atoms with Crippen molar-refractivity contribution >= 4 is 51.0 Å². The van der Waals surface area contributed by atoms with Gasteiger partial charge in [0.25, 0.3) is 5.91 Å². The van der Waals surface area contributed by atoms with Crippen molar-refractivity contribution < 1.29 is 9.53 Å². The Hall–Kier alpha value is -5.18. The number of hydrogen-bond donors (Lipinski definition) is 3. The lowest BCUT2D eigenvalue weighted by atomic mass is 10.2. The number of amides is 1. The molecule has 6 rings (SSSR count). The Morgan fingerprint density at radius 2 is 1.78 bits per heavy atom. The fourth-order valence-corrected chi connectivity index (χ4v) is 4.32. The van der Waals surface area contributed by atoms with Crippen molar-refractivity contribution in [3.63, 3.8) is 0 Å². The molecule has 3 aromatic carbocycles. The number of ether oxygens (including phenoxy) is 1. The summed E-state index contributed by atoms with van der Waals surface area (Å²) in [6.07, 6.45) is 3.57. The largest absolute Gasteiger partial charge is 0.497 e. The van der Waals surface area contributed by atoms with Gasteiger partial charge in [0.2, 0.25) is 0 Å². The lowest BCUT2D eigenvalue weighted by Gasteiger charge is -2.06. The second-order valence-corrected chi connectivity index (χ2v) is 8.52. The van der Waals surface area contributed by atoms with Crippen LogP contribution in [0.5, 0.6) is 5.75 Å². The summed E-state index contributed by atoms with van der Waals surface area (Å²) in [5, 5.41) is 8.59. The smallest absolute Gasteiger partial charge is 0.257 e. The predicted octanol–water partition coefficient (Wildman–Crippen LogP) is 4.47. The second-order valence-electron chi connectivity index (χ2n) is 8.52. The number of fused-ring (bicyclic) bond motifs is 3. The molecule has 0 aliphatic carbocycles. The van der Waals surface area contributed by atoms with E-state index in [9.17, 15) is 4.79 Å². The molecule has 4 N–H and O–H groups in total. The molecule has 6 aromatic rings. The predicted molar refractivity (Wildman–Crippen MR) is 145 cm³/mol. The highest BCUT2D eigenvalue weighted by Gasteiger charge is 2.24. The fraction of sp³-hybridized carbons (Fsp3) is 0.0714. The molecule has 0 unspecified atom stereocenters. The number of methoxy groups -OCH3 is 1. The maximum Gasteiger partial charge on any atom is 0.257 e. The summed E-state index contributed by atoms with van der Waals surface area (Å²) in [6.45, 7) is 0.314. The van der Waals surface area contributed by atoms with Gasteiger partial charge in [-0.05, 0) is 35.9 Å². The number of nitrogens with one attached hydrogen (secondary N) is 2. The van der Waals surface area contributed by atoms with Crippen molar-refractivity contribution in [2.75, 3.05) is 12.8 Å². The average molecular weight is 490 g/mol. The first-order valence-corrected chi connectivity index (χ1v) is 11.7. The molecule has 37 heavy (non-hydrogen) atoms. The lowest BCUT2D eigenvalue weighted by Crippen LogP contribution is -2.23. The van der Waals surface area contributed by atoms with E-state index in [-0.39, 0.29) is 17.3 Å². The first-order chi connectivity index (χ1) is 18.1. The third kappa shape index (κ3) is 4.02. The zero-order valence-corrected chi connectivity index (χ0v) is 20.0. The van der Waals surface area contributed by atoms with Crippen LogP contribution in [0.2, 0.25) is 0 Å². The van der Waals surface area contributed by atoms with Crippen LogP contribution in [-0.4, -0.2) is 38.9 Å². The minimum atomic E-state index is -0.357. The number of rotatable bonds is 6. The summed E-state index contributed by atoms with van der Waals surface area (Å²) >= 11 is 0. The standard InChI is InChI=1S/C28H23N7O2/c1-37-19-12-10-17(11-13-19)14-31-28(36)24-25-27(34-23-9-5-4-8-22(23)33-25)35(26(24)29)32-16-18-15-30-21-7-3-2-6-20(18)21/h2-13,15-16,30H,14,29H2,1H3,(H,31,36)/b32-16+. The molecule has 0 bridgehead atoms. The van der Waals surface area contributed by atoms with Crippen molar-refractivity contribution in [2.45, 2.75) is 6.54 Å². The molecule has 3 heterocycles. The molecule has 0 atom stereocenters. The summed E-state index contributed by atoms with van der Waals surface area (Å²) in [7, 11) is 1.61. The Morgan fingerprint density at radius 1 is 1.05 bits per heavy atom. The van der Waals surface area contributed by atoms with Crippen molar-refractivity contribution in [2.24, 2.45) is 5.10 Å². The third-order valence-electron chi connectivity index (χ3n) is 6.25. The number of aromatic nitrogens is 4. The molecule has 0 saturated carbocycles. The van der Waals surface area contributed by atoms with Gasteiger partial charge in [0.05, 0.1) is 24.4 Å². The summed E-state index contributed by atoms with van der Waals surface area (Å²) in [6, 6.07) is 22.9. The van der Waals surface area contributed by atoms with Crippen molar-refractivity contribution in [1.82, 2.24) is 24.9 Å². The monoisotopic (exact) mass is 489 g/mol. The fourth-order valence-electron chi connectivity index (χ4n) is 4.32. The van der Waals surface area contributed by atoms with Crippen LogP contribution in [-0.2, 0) is 6.54 Å². The normalized spacial score (nSPS) is 11.6. The molecule has 9 nitrogen and oxygen atoms in total. The Balaban J connectivity index is 1.42. The number of H-pyrrole nitrogens is 1. The van der Waals surface area contributed by atoms with Crippen molar-refractivity contribution in [1.29, 1.82) is 0 Å². The number of nitrogens with zero attached hydrogens (tertiary/aromatic N) is 4. The van der Waals surface area contributed by atoms with Crippen LogP contribution in [0.25, 0.3) is 33.1 Å². The number of para-hydroxylation sites is 3. The zero-order valence-electron chi connectivity index (χ0n) is 20.0. The number of hydrogen-bond acceptors (Lipinski definition) is 6. The second kappa shape index (κ2) is 9.12. The summed E-state index contributed by atoms with van der Waals surface area (Å²) in [5.74, 6) is 0.551. The van der Waals surface area contributed by atoms with E-state index in [2.05, 4.69) is 15.4 Å². The van der Waals surface area contributed by atoms with E-state index in [1.165, 1.54) is 4.68 Å².